The fraction of sp³-hybridized carbons (Fsp3) is 0.385. The van der Waals surface area contributed by atoms with Crippen LogP contribution in [0.25, 0.3) is 0 Å². The molecule has 0 aliphatic heterocycles. The minimum Gasteiger partial charge on any atom is -0.481 e. The maximum atomic E-state index is 11.9. The fourth-order valence-electron chi connectivity index (χ4n) is 2.29. The van der Waals surface area contributed by atoms with E-state index in [4.69, 9.17) is 10.8 Å². The summed E-state index contributed by atoms with van der Waals surface area (Å²) in [6, 6.07) is 6.68. The van der Waals surface area contributed by atoms with Crippen LogP contribution in [0.2, 0.25) is 0 Å². The third-order valence-electron chi connectivity index (χ3n) is 3.27. The quantitative estimate of drug-likeness (QED) is 0.702. The summed E-state index contributed by atoms with van der Waals surface area (Å²) in [6.45, 7) is 0. The molecule has 1 aromatic rings. The van der Waals surface area contributed by atoms with Crippen molar-refractivity contribution in [3.63, 3.8) is 0 Å². The highest BCUT2D eigenvalue weighted by molar-refractivity contribution is 5.95. The number of carboxylic acids is 1. The van der Waals surface area contributed by atoms with Crippen LogP contribution in [-0.2, 0) is 4.79 Å². The summed E-state index contributed by atoms with van der Waals surface area (Å²) in [6.07, 6.45) is 1.84. The van der Waals surface area contributed by atoms with E-state index in [-0.39, 0.29) is 17.9 Å². The minimum absolute atomic E-state index is 0.0555. The summed E-state index contributed by atoms with van der Waals surface area (Å²) in [5.41, 5.74) is 6.66. The Morgan fingerprint density at radius 3 is 2.72 bits per heavy atom. The van der Waals surface area contributed by atoms with E-state index < -0.39 is 5.97 Å². The Morgan fingerprint density at radius 2 is 2.11 bits per heavy atom. The topological polar surface area (TPSA) is 92.4 Å². The third-order valence-corrected chi connectivity index (χ3v) is 3.27. The van der Waals surface area contributed by atoms with Gasteiger partial charge in [-0.1, -0.05) is 6.07 Å². The molecular weight excluding hydrogens is 232 g/mol. The third kappa shape index (κ3) is 2.80. The fourth-order valence-corrected chi connectivity index (χ4v) is 2.29. The van der Waals surface area contributed by atoms with Gasteiger partial charge in [-0.15, -0.1) is 0 Å². The van der Waals surface area contributed by atoms with Gasteiger partial charge in [0.15, 0.2) is 0 Å². The van der Waals surface area contributed by atoms with Crippen molar-refractivity contribution in [1.29, 1.82) is 0 Å². The van der Waals surface area contributed by atoms with E-state index in [0.717, 1.165) is 0 Å². The molecular formula is C13H16N2O3. The molecule has 1 aliphatic rings. The molecule has 0 radical (unpaired) electrons. The second-order valence-electron chi connectivity index (χ2n) is 4.64. The van der Waals surface area contributed by atoms with Crippen LogP contribution in [0.15, 0.2) is 24.3 Å². The zero-order valence-corrected chi connectivity index (χ0v) is 9.93. The summed E-state index contributed by atoms with van der Waals surface area (Å²) in [7, 11) is 0. The van der Waals surface area contributed by atoms with Crippen LogP contribution in [-0.4, -0.2) is 23.0 Å². The number of anilines is 1. The molecule has 0 spiro atoms. The number of nitrogen functional groups attached to an aromatic ring is 1. The van der Waals surface area contributed by atoms with E-state index in [2.05, 4.69) is 5.32 Å². The van der Waals surface area contributed by atoms with Crippen LogP contribution in [0.1, 0.15) is 29.6 Å². The van der Waals surface area contributed by atoms with E-state index in [1.54, 1.807) is 24.3 Å². The number of aliphatic carboxylic acids is 1. The van der Waals surface area contributed by atoms with Crippen molar-refractivity contribution in [2.45, 2.75) is 25.3 Å². The number of nitrogens with one attached hydrogen (secondary N) is 1. The molecule has 1 amide bonds. The molecule has 5 heteroatoms. The molecule has 1 saturated carbocycles. The van der Waals surface area contributed by atoms with Crippen LogP contribution >= 0.6 is 0 Å². The van der Waals surface area contributed by atoms with Crippen LogP contribution in [0, 0.1) is 5.92 Å². The molecule has 4 N–H and O–H groups in total. The lowest BCUT2D eigenvalue weighted by Crippen LogP contribution is -2.33. The lowest BCUT2D eigenvalue weighted by molar-refractivity contribution is -0.141. The van der Waals surface area contributed by atoms with Gasteiger partial charge in [0, 0.05) is 17.3 Å². The van der Waals surface area contributed by atoms with Crippen molar-refractivity contribution in [3.8, 4) is 0 Å². The Morgan fingerprint density at radius 1 is 1.33 bits per heavy atom. The Labute approximate surface area is 105 Å². The van der Waals surface area contributed by atoms with Gasteiger partial charge in [-0.2, -0.15) is 0 Å². The molecule has 5 nitrogen and oxygen atoms in total. The number of carboxylic acid groups (broad SMARTS) is 1. The van der Waals surface area contributed by atoms with Gasteiger partial charge in [0.1, 0.15) is 0 Å². The number of benzene rings is 1. The molecule has 0 aromatic heterocycles. The first-order valence-electron chi connectivity index (χ1n) is 5.95. The highest BCUT2D eigenvalue weighted by atomic mass is 16.4. The van der Waals surface area contributed by atoms with E-state index in [9.17, 15) is 9.59 Å². The van der Waals surface area contributed by atoms with Crippen LogP contribution in [0.3, 0.4) is 0 Å². The maximum absolute atomic E-state index is 11.9. The van der Waals surface area contributed by atoms with Gasteiger partial charge >= 0.3 is 5.97 Å². The first-order chi connectivity index (χ1) is 8.56. The number of carbonyl (C=O) groups excluding carboxylic acids is 1. The van der Waals surface area contributed by atoms with Gasteiger partial charge in [-0.05, 0) is 37.5 Å². The highest BCUT2D eigenvalue weighted by Crippen LogP contribution is 2.25. The lowest BCUT2D eigenvalue weighted by atomic mass is 10.1. The average molecular weight is 248 g/mol. The molecule has 2 atom stereocenters. The van der Waals surface area contributed by atoms with E-state index >= 15 is 0 Å². The zero-order valence-electron chi connectivity index (χ0n) is 9.93. The Kier molecular flexibility index (Phi) is 3.50. The molecule has 1 fully saturated rings. The van der Waals surface area contributed by atoms with Crippen molar-refractivity contribution in [1.82, 2.24) is 5.32 Å². The van der Waals surface area contributed by atoms with Crippen molar-refractivity contribution in [2.24, 2.45) is 5.92 Å². The summed E-state index contributed by atoms with van der Waals surface area (Å²) in [5, 5.41) is 11.7. The van der Waals surface area contributed by atoms with E-state index in [1.807, 2.05) is 0 Å². The normalized spacial score (nSPS) is 22.7. The summed E-state index contributed by atoms with van der Waals surface area (Å²) >= 11 is 0. The monoisotopic (exact) mass is 248 g/mol. The number of amides is 1. The number of hydrogen-bond donors (Lipinski definition) is 3. The maximum Gasteiger partial charge on any atom is 0.306 e. The summed E-state index contributed by atoms with van der Waals surface area (Å²) in [5.74, 6) is -1.31. The van der Waals surface area contributed by atoms with Crippen molar-refractivity contribution in [3.05, 3.63) is 29.8 Å². The Bertz CT molecular complexity index is 473. The molecule has 18 heavy (non-hydrogen) atoms. The number of rotatable bonds is 3. The molecule has 0 unspecified atom stereocenters. The van der Waals surface area contributed by atoms with Gasteiger partial charge in [0.05, 0.1) is 5.92 Å². The zero-order chi connectivity index (χ0) is 13.1. The summed E-state index contributed by atoms with van der Waals surface area (Å²) < 4.78 is 0. The van der Waals surface area contributed by atoms with Crippen LogP contribution < -0.4 is 11.1 Å². The molecule has 0 heterocycles. The SMILES string of the molecule is Nc1cccc(C(=O)N[C@H]2CC[C@@H](C(=O)O)C2)c1. The minimum atomic E-state index is -0.782. The number of carbonyl (C=O) groups is 2. The molecule has 1 aliphatic carbocycles. The Balaban J connectivity index is 1.95. The number of hydrogen-bond acceptors (Lipinski definition) is 3. The van der Waals surface area contributed by atoms with Gasteiger partial charge in [0.2, 0.25) is 0 Å². The molecule has 2 rings (SSSR count). The molecule has 1 aromatic carbocycles. The molecule has 96 valence electrons. The highest BCUT2D eigenvalue weighted by Gasteiger charge is 2.30. The summed E-state index contributed by atoms with van der Waals surface area (Å²) in [4.78, 5) is 22.7. The Hall–Kier alpha value is -2.04. The number of nitrogens with two attached hydrogens (primary N) is 1. The van der Waals surface area contributed by atoms with Gasteiger partial charge in [-0.25, -0.2) is 0 Å². The second kappa shape index (κ2) is 5.08. The van der Waals surface area contributed by atoms with Crippen molar-refractivity contribution < 1.29 is 14.7 Å². The van der Waals surface area contributed by atoms with E-state index in [0.29, 0.717) is 30.5 Å². The first-order valence-corrected chi connectivity index (χ1v) is 5.95. The second-order valence-corrected chi connectivity index (χ2v) is 4.64. The van der Waals surface area contributed by atoms with E-state index in [1.165, 1.54) is 0 Å². The standard InChI is InChI=1S/C13H16N2O3/c14-10-3-1-2-8(6-10)12(16)15-11-5-4-9(7-11)13(17)18/h1-3,6,9,11H,4-5,7,14H2,(H,15,16)(H,17,18)/t9-,11+/m1/s1. The van der Waals surface area contributed by atoms with Gasteiger partial charge < -0.3 is 16.2 Å². The van der Waals surface area contributed by atoms with Crippen LogP contribution in [0.5, 0.6) is 0 Å². The van der Waals surface area contributed by atoms with Gasteiger partial charge in [0.25, 0.3) is 5.91 Å². The van der Waals surface area contributed by atoms with Crippen molar-refractivity contribution >= 4 is 17.6 Å². The first kappa shape index (κ1) is 12.4. The lowest BCUT2D eigenvalue weighted by Gasteiger charge is -2.12. The molecule has 0 saturated heterocycles. The predicted octanol–water partition coefficient (Wildman–Crippen LogP) is 1.25. The molecule has 0 bridgehead atoms. The average Bonchev–Trinajstić information content (AvgIpc) is 2.77. The largest absolute Gasteiger partial charge is 0.481 e. The van der Waals surface area contributed by atoms with Gasteiger partial charge in [-0.3, -0.25) is 9.59 Å². The van der Waals surface area contributed by atoms with Crippen LogP contribution in [0.4, 0.5) is 5.69 Å². The smallest absolute Gasteiger partial charge is 0.306 e. The predicted molar refractivity (Wildman–Crippen MR) is 67.1 cm³/mol. The van der Waals surface area contributed by atoms with Crippen molar-refractivity contribution in [2.75, 3.05) is 5.73 Å².